The molecule has 0 amide bonds. The maximum Gasteiger partial charge on any atom is 0.335 e. The van der Waals surface area contributed by atoms with Crippen LogP contribution in [0.1, 0.15) is 108 Å². The molecule has 4 fully saturated rings. The molecule has 5 aliphatic carbocycles. The number of hydrogen-bond donors (Lipinski definition) is 3. The van der Waals surface area contributed by atoms with Gasteiger partial charge in [-0.15, -0.1) is 0 Å². The number of aliphatic hydroxyl groups excluding tert-OH is 1. The van der Waals surface area contributed by atoms with Crippen molar-refractivity contribution in [3.05, 3.63) is 124 Å². The van der Waals surface area contributed by atoms with Crippen LogP contribution in [0, 0.1) is 23.2 Å². The standard InChI is InChI=1S/C28H28O3.C21H30O3/c1-31-26-7-6-23(21-2-3-22-12-24(27(29)30)5-4-20(22)11-21)13-25(26)28-14-17-8-18(15-28)10-19(9-17)16-28;1-15(8-10-18(14-22)17(3)13-20(23)24)9-11-19-16(2)7-6-12-21(19,4)5/h2-7,11-13,17-19H,8-10,14-16H2,1H3,(H,29,30);8-11,13,22H,6-7,12,14H2,1-5H3,(H,23,24)/b;11-9?,15-8?,17-13-,18-10-. The second-order valence-electron chi connectivity index (χ2n) is 17.4. The summed E-state index contributed by atoms with van der Waals surface area (Å²) in [5.74, 6) is 1.82. The highest BCUT2D eigenvalue weighted by atomic mass is 16.5. The lowest BCUT2D eigenvalue weighted by Gasteiger charge is -2.57. The number of aromatic carboxylic acids is 1. The number of carboxylic acids is 2. The Labute approximate surface area is 327 Å². The fraction of sp³-hybridized carbons (Fsp3) is 0.429. The van der Waals surface area contributed by atoms with Crippen molar-refractivity contribution >= 4 is 22.7 Å². The van der Waals surface area contributed by atoms with Gasteiger partial charge in [0.05, 0.1) is 19.3 Å². The van der Waals surface area contributed by atoms with Gasteiger partial charge in [0.15, 0.2) is 0 Å². The molecule has 0 unspecified atom stereocenters. The van der Waals surface area contributed by atoms with E-state index in [0.29, 0.717) is 16.7 Å². The van der Waals surface area contributed by atoms with Crippen LogP contribution in [0.25, 0.3) is 21.9 Å². The summed E-state index contributed by atoms with van der Waals surface area (Å²) < 4.78 is 5.88. The summed E-state index contributed by atoms with van der Waals surface area (Å²) in [5, 5.41) is 29.5. The van der Waals surface area contributed by atoms with Crippen LogP contribution in [-0.4, -0.2) is 41.0 Å². The predicted octanol–water partition coefficient (Wildman–Crippen LogP) is 11.6. The first-order valence-corrected chi connectivity index (χ1v) is 19.9. The zero-order valence-corrected chi connectivity index (χ0v) is 33.5. The first-order chi connectivity index (χ1) is 26.2. The number of methoxy groups -OCH3 is 1. The number of benzene rings is 3. The Balaban J connectivity index is 0.000000195. The van der Waals surface area contributed by atoms with Crippen molar-refractivity contribution in [3.63, 3.8) is 0 Å². The molecule has 0 aromatic heterocycles. The van der Waals surface area contributed by atoms with E-state index in [0.717, 1.165) is 45.9 Å². The van der Waals surface area contributed by atoms with Crippen LogP contribution in [0.5, 0.6) is 5.75 Å². The van der Waals surface area contributed by atoms with Gasteiger partial charge in [-0.3, -0.25) is 0 Å². The molecule has 4 saturated carbocycles. The van der Waals surface area contributed by atoms with Gasteiger partial charge >= 0.3 is 11.9 Å². The van der Waals surface area contributed by atoms with Gasteiger partial charge in [0, 0.05) is 11.6 Å². The third-order valence-electron chi connectivity index (χ3n) is 12.8. The number of allylic oxidation sites excluding steroid dienone is 7. The van der Waals surface area contributed by atoms with Gasteiger partial charge in [0.2, 0.25) is 0 Å². The monoisotopic (exact) mass is 742 g/mol. The minimum absolute atomic E-state index is 0.180. The number of rotatable bonds is 10. The van der Waals surface area contributed by atoms with E-state index >= 15 is 0 Å². The van der Waals surface area contributed by atoms with E-state index in [1.54, 1.807) is 32.2 Å². The fourth-order valence-corrected chi connectivity index (χ4v) is 10.4. The quantitative estimate of drug-likeness (QED) is 0.141. The van der Waals surface area contributed by atoms with Crippen molar-refractivity contribution in [3.8, 4) is 16.9 Å². The van der Waals surface area contributed by atoms with Gasteiger partial charge in [-0.2, -0.15) is 0 Å². The van der Waals surface area contributed by atoms with Crippen LogP contribution < -0.4 is 4.74 Å². The van der Waals surface area contributed by atoms with Crippen molar-refractivity contribution in [2.24, 2.45) is 23.2 Å². The van der Waals surface area contributed by atoms with E-state index < -0.39 is 11.9 Å². The van der Waals surface area contributed by atoms with Gasteiger partial charge < -0.3 is 20.1 Å². The van der Waals surface area contributed by atoms with Crippen molar-refractivity contribution in [2.45, 2.75) is 97.8 Å². The molecule has 0 radical (unpaired) electrons. The summed E-state index contributed by atoms with van der Waals surface area (Å²) in [5.41, 5.74) is 9.72. The molecule has 55 heavy (non-hydrogen) atoms. The summed E-state index contributed by atoms with van der Waals surface area (Å²) in [6.07, 6.45) is 21.0. The highest BCUT2D eigenvalue weighted by Gasteiger charge is 2.52. The molecule has 6 nitrogen and oxygen atoms in total. The van der Waals surface area contributed by atoms with E-state index in [-0.39, 0.29) is 17.4 Å². The summed E-state index contributed by atoms with van der Waals surface area (Å²) in [6, 6.07) is 18.4. The molecule has 5 aliphatic rings. The molecule has 6 heteroatoms. The third-order valence-corrected chi connectivity index (χ3v) is 12.8. The van der Waals surface area contributed by atoms with E-state index in [2.05, 4.69) is 63.3 Å². The predicted molar refractivity (Wildman–Crippen MR) is 223 cm³/mol. The molecule has 4 bridgehead atoms. The van der Waals surface area contributed by atoms with Gasteiger partial charge in [-0.1, -0.05) is 73.6 Å². The van der Waals surface area contributed by atoms with Gasteiger partial charge in [-0.25, -0.2) is 9.59 Å². The Morgan fingerprint density at radius 3 is 2.07 bits per heavy atom. The Kier molecular flexibility index (Phi) is 12.1. The van der Waals surface area contributed by atoms with E-state index in [1.807, 2.05) is 25.1 Å². The van der Waals surface area contributed by atoms with E-state index in [1.165, 1.54) is 85.6 Å². The van der Waals surface area contributed by atoms with Crippen molar-refractivity contribution in [2.75, 3.05) is 13.7 Å². The Morgan fingerprint density at radius 2 is 1.47 bits per heavy atom. The molecule has 290 valence electrons. The Hall–Kier alpha value is -4.68. The fourth-order valence-electron chi connectivity index (χ4n) is 10.4. The van der Waals surface area contributed by atoms with E-state index in [4.69, 9.17) is 9.84 Å². The SMILES string of the molecule is CC(C=CC1=C(C)CCCC1(C)C)=C/C=C(CO)\C(C)=C/C(=O)O.COc1ccc(-c2ccc3cc(C(=O)O)ccc3c2)cc1C12CC3CC(CC(C3)C1)C2. The lowest BCUT2D eigenvalue weighted by atomic mass is 9.48. The molecular formula is C49H58O6. The second kappa shape index (κ2) is 16.6. The Morgan fingerprint density at radius 1 is 0.855 bits per heavy atom. The highest BCUT2D eigenvalue weighted by Crippen LogP contribution is 2.62. The summed E-state index contributed by atoms with van der Waals surface area (Å²) in [4.78, 5) is 22.0. The first-order valence-electron chi connectivity index (χ1n) is 19.9. The number of carboxylic acid groups (broad SMARTS) is 2. The smallest absolute Gasteiger partial charge is 0.335 e. The minimum Gasteiger partial charge on any atom is -0.496 e. The normalized spacial score (nSPS) is 24.9. The number of ether oxygens (including phenoxy) is 1. The molecule has 3 aromatic rings. The average molecular weight is 743 g/mol. The molecule has 0 aliphatic heterocycles. The van der Waals surface area contributed by atoms with Crippen LogP contribution in [-0.2, 0) is 10.2 Å². The van der Waals surface area contributed by atoms with Crippen LogP contribution in [0.15, 0.2) is 113 Å². The summed E-state index contributed by atoms with van der Waals surface area (Å²) >= 11 is 0. The average Bonchev–Trinajstić information content (AvgIpc) is 3.13. The molecule has 3 aromatic carbocycles. The number of hydrogen-bond acceptors (Lipinski definition) is 4. The number of fused-ring (bicyclic) bond motifs is 1. The van der Waals surface area contributed by atoms with Gasteiger partial charge in [-0.05, 0) is 176 Å². The highest BCUT2D eigenvalue weighted by molar-refractivity contribution is 5.95. The largest absolute Gasteiger partial charge is 0.496 e. The number of aliphatic hydroxyl groups is 1. The summed E-state index contributed by atoms with van der Waals surface area (Å²) in [6.45, 7) is 10.3. The third kappa shape index (κ3) is 9.07. The number of carbonyl (C=O) groups is 2. The van der Waals surface area contributed by atoms with Gasteiger partial charge in [0.1, 0.15) is 5.75 Å². The maximum atomic E-state index is 11.3. The molecule has 8 rings (SSSR count). The summed E-state index contributed by atoms with van der Waals surface area (Å²) in [7, 11) is 1.80. The molecular weight excluding hydrogens is 685 g/mol. The van der Waals surface area contributed by atoms with E-state index in [9.17, 15) is 19.8 Å². The van der Waals surface area contributed by atoms with Crippen LogP contribution in [0.3, 0.4) is 0 Å². The topological polar surface area (TPSA) is 104 Å². The molecule has 3 N–H and O–H groups in total. The van der Waals surface area contributed by atoms with Gasteiger partial charge in [0.25, 0.3) is 0 Å². The maximum absolute atomic E-state index is 11.3. The van der Waals surface area contributed by atoms with Crippen LogP contribution in [0.4, 0.5) is 0 Å². The molecule has 0 atom stereocenters. The molecule has 0 saturated heterocycles. The lowest BCUT2D eigenvalue weighted by Crippen LogP contribution is -2.48. The van der Waals surface area contributed by atoms with Crippen LogP contribution >= 0.6 is 0 Å². The lowest BCUT2D eigenvalue weighted by molar-refractivity contribution is -0.131. The molecule has 0 spiro atoms. The van der Waals surface area contributed by atoms with Crippen molar-refractivity contribution in [1.29, 1.82) is 0 Å². The Bertz CT molecular complexity index is 2070. The molecule has 0 heterocycles. The minimum atomic E-state index is -1.01. The zero-order valence-electron chi connectivity index (χ0n) is 33.5. The van der Waals surface area contributed by atoms with Crippen LogP contribution in [0.2, 0.25) is 0 Å². The second-order valence-corrected chi connectivity index (χ2v) is 17.4. The number of aliphatic carboxylic acids is 1. The van der Waals surface area contributed by atoms with Crippen molar-refractivity contribution in [1.82, 2.24) is 0 Å². The zero-order chi connectivity index (χ0) is 39.5. The van der Waals surface area contributed by atoms with Crippen molar-refractivity contribution < 1.29 is 29.6 Å². The first kappa shape index (κ1) is 40.0.